The van der Waals surface area contributed by atoms with Crippen LogP contribution < -0.4 is 5.32 Å². The Kier molecular flexibility index (Phi) is 5.77. The second kappa shape index (κ2) is 8.13. The quantitative estimate of drug-likeness (QED) is 0.818. The average Bonchev–Trinajstić information content (AvgIpc) is 3.44. The highest BCUT2D eigenvalue weighted by atomic mass is 16.5. The van der Waals surface area contributed by atoms with Crippen LogP contribution in [0.5, 0.6) is 0 Å². The second-order valence-corrected chi connectivity index (χ2v) is 9.47. The molecule has 0 bridgehead atoms. The molecule has 3 unspecified atom stereocenters. The number of piperidine rings is 1. The predicted octanol–water partition coefficient (Wildman–Crippen LogP) is 3.03. The minimum absolute atomic E-state index is 0.0118. The molecule has 4 rings (SSSR count). The summed E-state index contributed by atoms with van der Waals surface area (Å²) in [7, 11) is 0. The van der Waals surface area contributed by atoms with Gasteiger partial charge in [0.05, 0.1) is 12.6 Å². The number of rotatable bonds is 6. The van der Waals surface area contributed by atoms with E-state index in [-0.39, 0.29) is 18.2 Å². The zero-order chi connectivity index (χ0) is 19.7. The Hall–Kier alpha value is -1.43. The number of hydrogen-bond donors (Lipinski definition) is 1. The molecule has 0 radical (unpaired) electrons. The lowest BCUT2D eigenvalue weighted by molar-refractivity contribution is -0.165. The largest absolute Gasteiger partial charge is 0.354 e. The molecule has 1 aromatic carbocycles. The molecule has 1 aromatic rings. The zero-order valence-electron chi connectivity index (χ0n) is 17.6. The van der Waals surface area contributed by atoms with Crippen LogP contribution in [0.2, 0.25) is 0 Å². The van der Waals surface area contributed by atoms with Gasteiger partial charge in [-0.25, -0.2) is 0 Å². The van der Waals surface area contributed by atoms with Gasteiger partial charge < -0.3 is 15.0 Å². The summed E-state index contributed by atoms with van der Waals surface area (Å²) >= 11 is 0. The van der Waals surface area contributed by atoms with Crippen LogP contribution in [0.4, 0.5) is 0 Å². The Labute approximate surface area is 169 Å². The Morgan fingerprint density at radius 2 is 2.00 bits per heavy atom. The maximum absolute atomic E-state index is 13.7. The topological polar surface area (TPSA) is 44.8 Å². The van der Waals surface area contributed by atoms with Crippen molar-refractivity contribution in [1.29, 1.82) is 0 Å². The van der Waals surface area contributed by atoms with Crippen LogP contribution >= 0.6 is 0 Å². The third-order valence-corrected chi connectivity index (χ3v) is 6.57. The molecule has 1 aliphatic carbocycles. The fourth-order valence-electron chi connectivity index (χ4n) is 4.78. The Morgan fingerprint density at radius 1 is 1.25 bits per heavy atom. The van der Waals surface area contributed by atoms with E-state index >= 15 is 0 Å². The van der Waals surface area contributed by atoms with Gasteiger partial charge in [-0.15, -0.1) is 0 Å². The summed E-state index contributed by atoms with van der Waals surface area (Å²) < 4.78 is 6.36. The minimum atomic E-state index is -0.283. The van der Waals surface area contributed by atoms with Gasteiger partial charge >= 0.3 is 0 Å². The first kappa shape index (κ1) is 19.9. The Balaban J connectivity index is 1.62. The van der Waals surface area contributed by atoms with Gasteiger partial charge in [0.15, 0.2) is 6.23 Å². The van der Waals surface area contributed by atoms with E-state index < -0.39 is 0 Å². The van der Waals surface area contributed by atoms with E-state index in [9.17, 15) is 4.79 Å². The third-order valence-electron chi connectivity index (χ3n) is 6.57. The van der Waals surface area contributed by atoms with Crippen LogP contribution in [0, 0.1) is 11.3 Å². The van der Waals surface area contributed by atoms with E-state index in [1.165, 1.54) is 12.8 Å². The Morgan fingerprint density at radius 3 is 2.64 bits per heavy atom. The summed E-state index contributed by atoms with van der Waals surface area (Å²) in [5.41, 5.74) is 1.39. The monoisotopic (exact) mass is 385 g/mol. The van der Waals surface area contributed by atoms with Gasteiger partial charge in [-0.3, -0.25) is 9.69 Å². The fraction of sp³-hybridized carbons (Fsp3) is 0.696. The lowest BCUT2D eigenvalue weighted by Crippen LogP contribution is -2.62. The number of nitrogens with zero attached hydrogens (tertiary/aromatic N) is 2. The first-order valence-electron chi connectivity index (χ1n) is 10.9. The summed E-state index contributed by atoms with van der Waals surface area (Å²) in [5.74, 6) is 0.689. The third kappa shape index (κ3) is 4.12. The number of carbonyl (C=O) groups is 1. The number of amides is 1. The van der Waals surface area contributed by atoms with E-state index in [0.29, 0.717) is 24.0 Å². The normalized spacial score (nSPS) is 28.7. The van der Waals surface area contributed by atoms with Gasteiger partial charge in [0.25, 0.3) is 0 Å². The first-order chi connectivity index (χ1) is 13.5. The molecule has 1 saturated carbocycles. The molecule has 3 aliphatic rings. The van der Waals surface area contributed by atoms with E-state index in [4.69, 9.17) is 4.74 Å². The van der Waals surface area contributed by atoms with Crippen molar-refractivity contribution in [3.05, 3.63) is 35.9 Å². The van der Waals surface area contributed by atoms with Crippen LogP contribution in [-0.4, -0.2) is 60.6 Å². The number of piperazine rings is 1. The number of benzene rings is 1. The molecule has 5 heteroatoms. The highest BCUT2D eigenvalue weighted by molar-refractivity contribution is 5.83. The highest BCUT2D eigenvalue weighted by Crippen LogP contribution is 2.54. The van der Waals surface area contributed by atoms with Crippen molar-refractivity contribution in [2.75, 3.05) is 32.8 Å². The Bertz CT molecular complexity index is 674. The van der Waals surface area contributed by atoms with E-state index in [2.05, 4.69) is 48.0 Å². The van der Waals surface area contributed by atoms with Crippen LogP contribution in [0.15, 0.2) is 30.3 Å². The predicted molar refractivity (Wildman–Crippen MR) is 111 cm³/mol. The van der Waals surface area contributed by atoms with Crippen molar-refractivity contribution in [3.63, 3.8) is 0 Å². The van der Waals surface area contributed by atoms with E-state index in [1.54, 1.807) is 0 Å². The van der Waals surface area contributed by atoms with Gasteiger partial charge in [0.2, 0.25) is 5.91 Å². The number of likely N-dealkylation sites (tertiary alicyclic amines) is 1. The smallest absolute Gasteiger partial charge is 0.242 e. The maximum atomic E-state index is 13.7. The van der Waals surface area contributed by atoms with Crippen molar-refractivity contribution in [3.8, 4) is 0 Å². The molecular formula is C23H35N3O2. The molecule has 154 valence electrons. The van der Waals surface area contributed by atoms with Crippen LogP contribution in [0.1, 0.15) is 51.8 Å². The van der Waals surface area contributed by atoms with Crippen LogP contribution in [-0.2, 0) is 9.53 Å². The van der Waals surface area contributed by atoms with E-state index in [1.807, 2.05) is 18.2 Å². The summed E-state index contributed by atoms with van der Waals surface area (Å²) in [5, 5.41) is 3.46. The van der Waals surface area contributed by atoms with Gasteiger partial charge in [0.1, 0.15) is 0 Å². The number of nitrogens with one attached hydrogen (secondary N) is 1. The van der Waals surface area contributed by atoms with Crippen LogP contribution in [0.3, 0.4) is 0 Å². The number of hydrogen-bond acceptors (Lipinski definition) is 4. The molecule has 5 nitrogen and oxygen atoms in total. The second-order valence-electron chi connectivity index (χ2n) is 9.47. The molecule has 1 amide bonds. The fourth-order valence-corrected chi connectivity index (χ4v) is 4.78. The maximum Gasteiger partial charge on any atom is 0.242 e. The van der Waals surface area contributed by atoms with Crippen molar-refractivity contribution in [1.82, 2.24) is 15.1 Å². The summed E-state index contributed by atoms with van der Waals surface area (Å²) in [6.45, 7) is 10.9. The van der Waals surface area contributed by atoms with Gasteiger partial charge in [-0.1, -0.05) is 44.2 Å². The SMILES string of the molecule is CC(C)COC(c1ccccc1)N1CC2(CC2)CC(N2CCNCC2C)C1=O. The lowest BCUT2D eigenvalue weighted by Gasteiger charge is -2.48. The molecule has 28 heavy (non-hydrogen) atoms. The molecule has 2 aliphatic heterocycles. The lowest BCUT2D eigenvalue weighted by atomic mass is 9.88. The number of ether oxygens (including phenoxy) is 1. The number of carbonyl (C=O) groups excluding carboxylic acids is 1. The van der Waals surface area contributed by atoms with Gasteiger partial charge in [-0.05, 0) is 37.5 Å². The zero-order valence-corrected chi connectivity index (χ0v) is 17.6. The van der Waals surface area contributed by atoms with Gasteiger partial charge in [0, 0.05) is 37.8 Å². The molecular weight excluding hydrogens is 350 g/mol. The summed E-state index contributed by atoms with van der Waals surface area (Å²) in [6, 6.07) is 10.7. The molecule has 0 aromatic heterocycles. The average molecular weight is 386 g/mol. The molecule has 3 atom stereocenters. The van der Waals surface area contributed by atoms with Crippen molar-refractivity contribution < 1.29 is 9.53 Å². The molecule has 3 fully saturated rings. The van der Waals surface area contributed by atoms with Crippen molar-refractivity contribution in [2.45, 2.75) is 58.3 Å². The van der Waals surface area contributed by atoms with Crippen molar-refractivity contribution >= 4 is 5.91 Å². The minimum Gasteiger partial charge on any atom is -0.354 e. The first-order valence-corrected chi connectivity index (χ1v) is 10.9. The standard InChI is InChI=1S/C23H35N3O2/c1-17(2)15-28-22(19-7-5-4-6-8-19)26-16-23(9-10-23)13-20(21(26)27)25-12-11-24-14-18(25)3/h4-8,17-18,20,22,24H,9-16H2,1-3H3. The molecule has 2 saturated heterocycles. The molecule has 1 spiro atoms. The molecule has 1 N–H and O–H groups in total. The van der Waals surface area contributed by atoms with E-state index in [0.717, 1.165) is 38.2 Å². The van der Waals surface area contributed by atoms with Crippen LogP contribution in [0.25, 0.3) is 0 Å². The summed E-state index contributed by atoms with van der Waals surface area (Å²) in [6.07, 6.45) is 3.20. The van der Waals surface area contributed by atoms with Crippen molar-refractivity contribution in [2.24, 2.45) is 11.3 Å². The molecule has 2 heterocycles. The van der Waals surface area contributed by atoms with Gasteiger partial charge in [-0.2, -0.15) is 0 Å². The highest BCUT2D eigenvalue weighted by Gasteiger charge is 2.54. The summed E-state index contributed by atoms with van der Waals surface area (Å²) in [4.78, 5) is 18.2.